The largest absolute Gasteiger partial charge is 0.478 e. The molecule has 0 fully saturated rings. The fraction of sp³-hybridized carbons (Fsp3) is 0.222. The van der Waals surface area contributed by atoms with Crippen molar-refractivity contribution in [1.82, 2.24) is 4.98 Å². The van der Waals surface area contributed by atoms with Gasteiger partial charge in [-0.15, -0.1) is 0 Å². The van der Waals surface area contributed by atoms with Gasteiger partial charge in [0.15, 0.2) is 6.61 Å². The predicted molar refractivity (Wildman–Crippen MR) is 48.7 cm³/mol. The van der Waals surface area contributed by atoms with Crippen molar-refractivity contribution in [1.29, 1.82) is 0 Å². The van der Waals surface area contributed by atoms with Gasteiger partial charge in [0, 0.05) is 12.3 Å². The highest BCUT2D eigenvalue weighted by molar-refractivity contribution is 5.87. The van der Waals surface area contributed by atoms with Gasteiger partial charge in [0.2, 0.25) is 5.88 Å². The van der Waals surface area contributed by atoms with Gasteiger partial charge in [-0.3, -0.25) is 0 Å². The van der Waals surface area contributed by atoms with E-state index >= 15 is 0 Å². The number of aromatic nitrogens is 1. The lowest BCUT2D eigenvalue weighted by Crippen LogP contribution is -2.13. The van der Waals surface area contributed by atoms with Gasteiger partial charge in [-0.2, -0.15) is 0 Å². The number of aromatic carboxylic acids is 1. The Labute approximate surface area is 85.5 Å². The smallest absolute Gasteiger partial charge is 0.343 e. The monoisotopic (exact) mass is 211 g/mol. The van der Waals surface area contributed by atoms with Crippen molar-refractivity contribution in [2.45, 2.75) is 0 Å². The summed E-state index contributed by atoms with van der Waals surface area (Å²) < 4.78 is 9.24. The van der Waals surface area contributed by atoms with E-state index in [1.54, 1.807) is 0 Å². The maximum Gasteiger partial charge on any atom is 0.343 e. The van der Waals surface area contributed by atoms with E-state index in [0.29, 0.717) is 0 Å². The summed E-state index contributed by atoms with van der Waals surface area (Å²) in [6.45, 7) is -0.299. The molecule has 0 spiro atoms. The molecule has 1 N–H and O–H groups in total. The van der Waals surface area contributed by atoms with Gasteiger partial charge in [0.25, 0.3) is 0 Å². The zero-order chi connectivity index (χ0) is 11.3. The Kier molecular flexibility index (Phi) is 3.61. The molecule has 0 radical (unpaired) electrons. The minimum Gasteiger partial charge on any atom is -0.478 e. The minimum atomic E-state index is -1.08. The molecule has 0 atom stereocenters. The molecule has 0 amide bonds. The molecule has 0 aliphatic carbocycles. The molecular weight excluding hydrogens is 202 g/mol. The molecule has 1 heterocycles. The summed E-state index contributed by atoms with van der Waals surface area (Å²) in [5.41, 5.74) is 0.0462. The molecular formula is C9H9NO5. The second-order valence-electron chi connectivity index (χ2n) is 2.55. The van der Waals surface area contributed by atoms with Gasteiger partial charge in [-0.1, -0.05) is 0 Å². The van der Waals surface area contributed by atoms with Crippen LogP contribution in [0.3, 0.4) is 0 Å². The van der Waals surface area contributed by atoms with Crippen molar-refractivity contribution in [3.8, 4) is 5.88 Å². The predicted octanol–water partition coefficient (Wildman–Crippen LogP) is 0.332. The third kappa shape index (κ3) is 3.26. The summed E-state index contributed by atoms with van der Waals surface area (Å²) in [4.78, 5) is 25.0. The number of pyridine rings is 1. The fourth-order valence-electron chi connectivity index (χ4n) is 0.813. The maximum absolute atomic E-state index is 10.7. The van der Waals surface area contributed by atoms with Crippen LogP contribution in [0.15, 0.2) is 18.3 Å². The van der Waals surface area contributed by atoms with Gasteiger partial charge < -0.3 is 14.6 Å². The van der Waals surface area contributed by atoms with Gasteiger partial charge >= 0.3 is 11.9 Å². The maximum atomic E-state index is 10.7. The standard InChI is InChI=1S/C9H9NO5/c1-14-8(11)5-15-7-4-6(9(12)13)2-3-10-7/h2-4H,5H2,1H3,(H,12,13). The van der Waals surface area contributed by atoms with Crippen LogP contribution in [0.5, 0.6) is 5.88 Å². The number of carboxylic acid groups (broad SMARTS) is 1. The van der Waals surface area contributed by atoms with Crippen LogP contribution in [0.25, 0.3) is 0 Å². The Morgan fingerprint density at radius 1 is 1.53 bits per heavy atom. The third-order valence-corrected chi connectivity index (χ3v) is 1.55. The van der Waals surface area contributed by atoms with E-state index < -0.39 is 11.9 Å². The van der Waals surface area contributed by atoms with E-state index in [1.807, 2.05) is 0 Å². The van der Waals surface area contributed by atoms with Crippen molar-refractivity contribution < 1.29 is 24.2 Å². The van der Waals surface area contributed by atoms with E-state index in [1.165, 1.54) is 25.4 Å². The van der Waals surface area contributed by atoms with Crippen molar-refractivity contribution in [2.24, 2.45) is 0 Å². The fourth-order valence-corrected chi connectivity index (χ4v) is 0.813. The van der Waals surface area contributed by atoms with E-state index in [2.05, 4.69) is 9.72 Å². The molecule has 0 aromatic carbocycles. The first-order valence-corrected chi connectivity index (χ1v) is 4.02. The molecule has 80 valence electrons. The lowest BCUT2D eigenvalue weighted by atomic mass is 10.3. The molecule has 6 nitrogen and oxygen atoms in total. The lowest BCUT2D eigenvalue weighted by Gasteiger charge is -2.03. The van der Waals surface area contributed by atoms with Crippen molar-refractivity contribution >= 4 is 11.9 Å². The van der Waals surface area contributed by atoms with Gasteiger partial charge in [-0.05, 0) is 6.07 Å². The number of rotatable bonds is 4. The Morgan fingerprint density at radius 2 is 2.27 bits per heavy atom. The summed E-state index contributed by atoms with van der Waals surface area (Å²) in [6.07, 6.45) is 1.29. The van der Waals surface area contributed by atoms with Crippen LogP contribution >= 0.6 is 0 Å². The second-order valence-corrected chi connectivity index (χ2v) is 2.55. The molecule has 1 rings (SSSR count). The molecule has 0 saturated carbocycles. The average molecular weight is 211 g/mol. The lowest BCUT2D eigenvalue weighted by molar-refractivity contribution is -0.143. The summed E-state index contributed by atoms with van der Waals surface area (Å²) in [5.74, 6) is -1.57. The van der Waals surface area contributed by atoms with Crippen LogP contribution in [-0.2, 0) is 9.53 Å². The number of hydrogen-bond acceptors (Lipinski definition) is 5. The molecule has 0 bridgehead atoms. The van der Waals surface area contributed by atoms with E-state index in [4.69, 9.17) is 9.84 Å². The topological polar surface area (TPSA) is 85.7 Å². The summed E-state index contributed by atoms with van der Waals surface area (Å²) in [6, 6.07) is 2.55. The number of carboxylic acids is 1. The highest BCUT2D eigenvalue weighted by atomic mass is 16.6. The van der Waals surface area contributed by atoms with Crippen molar-refractivity contribution in [2.75, 3.05) is 13.7 Å². The van der Waals surface area contributed by atoms with Crippen molar-refractivity contribution in [3.05, 3.63) is 23.9 Å². The first-order valence-electron chi connectivity index (χ1n) is 4.02. The first-order chi connectivity index (χ1) is 7.13. The number of carbonyl (C=O) groups is 2. The Bertz CT molecular complexity index is 377. The Morgan fingerprint density at radius 3 is 2.87 bits per heavy atom. The van der Waals surface area contributed by atoms with Gasteiger partial charge in [0.1, 0.15) is 0 Å². The van der Waals surface area contributed by atoms with Gasteiger partial charge in [-0.25, -0.2) is 14.6 Å². The van der Waals surface area contributed by atoms with Crippen LogP contribution in [0.2, 0.25) is 0 Å². The molecule has 0 aliphatic heterocycles. The van der Waals surface area contributed by atoms with E-state index in [-0.39, 0.29) is 18.1 Å². The summed E-state index contributed by atoms with van der Waals surface area (Å²) in [7, 11) is 1.23. The highest BCUT2D eigenvalue weighted by Gasteiger charge is 2.06. The SMILES string of the molecule is COC(=O)COc1cc(C(=O)O)ccn1. The highest BCUT2D eigenvalue weighted by Crippen LogP contribution is 2.08. The van der Waals surface area contributed by atoms with E-state index in [9.17, 15) is 9.59 Å². The van der Waals surface area contributed by atoms with E-state index in [0.717, 1.165) is 0 Å². The Hall–Kier alpha value is -2.11. The normalized spacial score (nSPS) is 9.40. The van der Waals surface area contributed by atoms with Crippen molar-refractivity contribution in [3.63, 3.8) is 0 Å². The number of esters is 1. The number of ether oxygens (including phenoxy) is 2. The average Bonchev–Trinajstić information content (AvgIpc) is 2.26. The molecule has 1 aromatic rings. The molecule has 0 aliphatic rings. The molecule has 6 heteroatoms. The molecule has 0 unspecified atom stereocenters. The van der Waals surface area contributed by atoms with Gasteiger partial charge in [0.05, 0.1) is 12.7 Å². The molecule has 15 heavy (non-hydrogen) atoms. The minimum absolute atomic E-state index is 0.0462. The third-order valence-electron chi connectivity index (χ3n) is 1.55. The zero-order valence-corrected chi connectivity index (χ0v) is 7.97. The van der Waals surface area contributed by atoms with Crippen LogP contribution < -0.4 is 4.74 Å². The Balaban J connectivity index is 2.66. The van der Waals surface area contributed by atoms with Crippen LogP contribution in [0.4, 0.5) is 0 Å². The summed E-state index contributed by atoms with van der Waals surface area (Å²) >= 11 is 0. The number of nitrogens with zero attached hydrogens (tertiary/aromatic N) is 1. The van der Waals surface area contributed by atoms with Crippen LogP contribution in [0.1, 0.15) is 10.4 Å². The number of methoxy groups -OCH3 is 1. The second kappa shape index (κ2) is 4.94. The first kappa shape index (κ1) is 11.0. The quantitative estimate of drug-likeness (QED) is 0.722. The zero-order valence-electron chi connectivity index (χ0n) is 7.97. The molecule has 1 aromatic heterocycles. The number of carbonyl (C=O) groups excluding carboxylic acids is 1. The van der Waals surface area contributed by atoms with Crippen LogP contribution in [0, 0.1) is 0 Å². The van der Waals surface area contributed by atoms with Crippen LogP contribution in [-0.4, -0.2) is 35.7 Å². The number of hydrogen-bond donors (Lipinski definition) is 1. The summed E-state index contributed by atoms with van der Waals surface area (Å²) in [5, 5.41) is 8.66. The molecule has 0 saturated heterocycles.